The monoisotopic (exact) mass is 438 g/mol. The summed E-state index contributed by atoms with van der Waals surface area (Å²) in [4.78, 5) is 13.0. The molecule has 1 heterocycles. The lowest BCUT2D eigenvalue weighted by Gasteiger charge is -2.28. The lowest BCUT2D eigenvalue weighted by atomic mass is 9.86. The Morgan fingerprint density at radius 1 is 1.25 bits per heavy atom. The molecule has 0 aromatic heterocycles. The number of aromatic hydroxyl groups is 3. The fourth-order valence-electron chi connectivity index (χ4n) is 3.92. The second-order valence-corrected chi connectivity index (χ2v) is 8.52. The smallest absolute Gasteiger partial charge is 0.174 e. The molecule has 170 valence electrons. The molecule has 2 aromatic rings. The number of ketones is 1. The predicted molar refractivity (Wildman–Crippen MR) is 123 cm³/mol. The fourth-order valence-corrected chi connectivity index (χ4v) is 3.92. The number of ether oxygens (including phenoxy) is 2. The Balaban J connectivity index is 1.96. The average molecular weight is 439 g/mol. The van der Waals surface area contributed by atoms with Gasteiger partial charge in [0.25, 0.3) is 0 Å². The number of methoxy groups -OCH3 is 1. The summed E-state index contributed by atoms with van der Waals surface area (Å²) in [6.07, 6.45) is 2.49. The zero-order chi connectivity index (χ0) is 23.6. The third kappa shape index (κ3) is 4.74. The molecule has 0 bridgehead atoms. The van der Waals surface area contributed by atoms with Crippen LogP contribution in [-0.2, 0) is 6.42 Å². The highest BCUT2D eigenvalue weighted by molar-refractivity contribution is 6.03. The number of fused-ring (bicyclic) bond motifs is 1. The minimum Gasteiger partial charge on any atom is -0.508 e. The lowest BCUT2D eigenvalue weighted by molar-refractivity contribution is 0.0841. The number of Topliss-reactive ketones (excluding diaryl/α,β-unsaturated/α-hetero) is 1. The van der Waals surface area contributed by atoms with Crippen molar-refractivity contribution >= 4 is 5.78 Å². The quantitative estimate of drug-likeness (QED) is 0.486. The van der Waals surface area contributed by atoms with Gasteiger partial charge in [0, 0.05) is 23.3 Å². The van der Waals surface area contributed by atoms with Gasteiger partial charge in [-0.3, -0.25) is 4.79 Å². The molecule has 6 nitrogen and oxygen atoms in total. The zero-order valence-corrected chi connectivity index (χ0v) is 18.9. The third-order valence-electron chi connectivity index (χ3n) is 5.79. The first-order chi connectivity index (χ1) is 15.1. The summed E-state index contributed by atoms with van der Waals surface area (Å²) >= 11 is 0. The molecule has 2 aromatic carbocycles. The van der Waals surface area contributed by atoms with Crippen molar-refractivity contribution in [2.24, 2.45) is 5.92 Å². The normalized spacial score (nSPS) is 16.0. The summed E-state index contributed by atoms with van der Waals surface area (Å²) in [5.41, 5.74) is 3.10. The minimum absolute atomic E-state index is 0.00636. The molecule has 0 fully saturated rings. The summed E-state index contributed by atoms with van der Waals surface area (Å²) in [5.74, 6) is -0.112. The van der Waals surface area contributed by atoms with Crippen LogP contribution in [-0.4, -0.2) is 28.2 Å². The van der Waals surface area contributed by atoms with Gasteiger partial charge in [0.2, 0.25) is 0 Å². The van der Waals surface area contributed by atoms with Gasteiger partial charge >= 0.3 is 0 Å². The van der Waals surface area contributed by atoms with Gasteiger partial charge in [-0.05, 0) is 51.7 Å². The highest BCUT2D eigenvalue weighted by atomic mass is 16.5. The number of allylic oxidation sites excluding steroid dienone is 3. The molecular formula is C26H30O6. The Morgan fingerprint density at radius 3 is 2.59 bits per heavy atom. The summed E-state index contributed by atoms with van der Waals surface area (Å²) in [5, 5.41) is 31.3. The van der Waals surface area contributed by atoms with E-state index in [2.05, 4.69) is 12.7 Å². The first-order valence-corrected chi connectivity index (χ1v) is 10.6. The molecule has 0 aliphatic carbocycles. The maximum atomic E-state index is 13.0. The molecule has 0 amide bonds. The molecule has 0 spiro atoms. The standard InChI is InChI=1S/C26H30O6/c1-14(2)6-7-16(15(3)4)10-19-20(28)12-24-25(26(19)30)21(29)13-23(32-24)18-9-8-17(27)11-22(18)31-5/h6,8-9,11-12,16,23,27-28,30H,3,7,10,13H2,1-2,4-5H3/t16-,23+/m1/s1. The zero-order valence-electron chi connectivity index (χ0n) is 18.9. The third-order valence-corrected chi connectivity index (χ3v) is 5.79. The maximum Gasteiger partial charge on any atom is 0.174 e. The van der Waals surface area contributed by atoms with Gasteiger partial charge < -0.3 is 24.8 Å². The number of phenolic OH excluding ortho intramolecular Hbond substituents is 3. The van der Waals surface area contributed by atoms with Gasteiger partial charge in [0.1, 0.15) is 40.4 Å². The van der Waals surface area contributed by atoms with E-state index in [1.54, 1.807) is 6.07 Å². The molecular weight excluding hydrogens is 408 g/mol. The summed E-state index contributed by atoms with van der Waals surface area (Å²) in [7, 11) is 1.47. The highest BCUT2D eigenvalue weighted by Crippen LogP contribution is 2.47. The van der Waals surface area contributed by atoms with E-state index < -0.39 is 6.10 Å². The minimum atomic E-state index is -0.670. The van der Waals surface area contributed by atoms with Crippen LogP contribution in [0.4, 0.5) is 0 Å². The summed E-state index contributed by atoms with van der Waals surface area (Å²) in [6.45, 7) is 9.99. The van der Waals surface area contributed by atoms with Crippen molar-refractivity contribution in [2.45, 2.75) is 46.1 Å². The number of hydrogen-bond donors (Lipinski definition) is 3. The van der Waals surface area contributed by atoms with Gasteiger partial charge in [-0.15, -0.1) is 0 Å². The van der Waals surface area contributed by atoms with E-state index in [1.165, 1.54) is 30.9 Å². The van der Waals surface area contributed by atoms with Crippen LogP contribution in [0.15, 0.2) is 48.1 Å². The van der Waals surface area contributed by atoms with Gasteiger partial charge in [-0.1, -0.05) is 23.8 Å². The van der Waals surface area contributed by atoms with Crippen LogP contribution in [0.1, 0.15) is 61.2 Å². The molecule has 6 heteroatoms. The number of hydrogen-bond acceptors (Lipinski definition) is 6. The van der Waals surface area contributed by atoms with Crippen LogP contribution in [0.3, 0.4) is 0 Å². The number of carbonyl (C=O) groups is 1. The molecule has 1 aliphatic rings. The second-order valence-electron chi connectivity index (χ2n) is 8.52. The molecule has 3 rings (SSSR count). The summed E-state index contributed by atoms with van der Waals surface area (Å²) in [6, 6.07) is 5.95. The first-order valence-electron chi connectivity index (χ1n) is 10.6. The van der Waals surface area contributed by atoms with Crippen molar-refractivity contribution in [3.05, 3.63) is 64.8 Å². The molecule has 3 N–H and O–H groups in total. The number of rotatable bonds is 7. The number of phenols is 3. The lowest BCUT2D eigenvalue weighted by Crippen LogP contribution is -2.21. The topological polar surface area (TPSA) is 96.2 Å². The van der Waals surface area contributed by atoms with E-state index in [9.17, 15) is 20.1 Å². The highest BCUT2D eigenvalue weighted by Gasteiger charge is 2.34. The van der Waals surface area contributed by atoms with Crippen molar-refractivity contribution in [2.75, 3.05) is 7.11 Å². The van der Waals surface area contributed by atoms with Crippen molar-refractivity contribution in [1.82, 2.24) is 0 Å². The van der Waals surface area contributed by atoms with Crippen molar-refractivity contribution in [3.8, 4) is 28.7 Å². The van der Waals surface area contributed by atoms with Gasteiger partial charge in [0.15, 0.2) is 5.78 Å². The second kappa shape index (κ2) is 9.39. The van der Waals surface area contributed by atoms with Crippen molar-refractivity contribution in [1.29, 1.82) is 0 Å². The SMILES string of the molecule is C=C(C)[C@H](CC=C(C)C)Cc1c(O)cc2c(c1O)C(=O)C[C@@H](c1ccc(O)cc1OC)O2. The molecule has 0 radical (unpaired) electrons. The average Bonchev–Trinajstić information content (AvgIpc) is 2.71. The van der Waals surface area contributed by atoms with E-state index in [1.807, 2.05) is 20.8 Å². The van der Waals surface area contributed by atoms with E-state index in [0.29, 0.717) is 23.3 Å². The maximum absolute atomic E-state index is 13.0. The molecule has 2 atom stereocenters. The van der Waals surface area contributed by atoms with Gasteiger partial charge in [0.05, 0.1) is 13.5 Å². The van der Waals surface area contributed by atoms with E-state index in [0.717, 1.165) is 12.0 Å². The molecule has 32 heavy (non-hydrogen) atoms. The number of benzene rings is 2. The summed E-state index contributed by atoms with van der Waals surface area (Å²) < 4.78 is 11.3. The van der Waals surface area contributed by atoms with Crippen molar-refractivity contribution < 1.29 is 29.6 Å². The Morgan fingerprint density at radius 2 is 1.97 bits per heavy atom. The Hall–Kier alpha value is -3.41. The van der Waals surface area contributed by atoms with E-state index in [4.69, 9.17) is 9.47 Å². The van der Waals surface area contributed by atoms with Crippen molar-refractivity contribution in [3.63, 3.8) is 0 Å². The van der Waals surface area contributed by atoms with E-state index >= 15 is 0 Å². The molecule has 1 aliphatic heterocycles. The predicted octanol–water partition coefficient (Wildman–Crippen LogP) is 5.61. The van der Waals surface area contributed by atoms with Crippen LogP contribution in [0.2, 0.25) is 0 Å². The molecule has 0 saturated carbocycles. The largest absolute Gasteiger partial charge is 0.508 e. The Kier molecular flexibility index (Phi) is 6.82. The number of carbonyl (C=O) groups excluding carboxylic acids is 1. The van der Waals surface area contributed by atoms with Crippen LogP contribution in [0.5, 0.6) is 28.7 Å². The first kappa shape index (κ1) is 23.3. The van der Waals surface area contributed by atoms with Crippen LogP contribution in [0.25, 0.3) is 0 Å². The van der Waals surface area contributed by atoms with Gasteiger partial charge in [-0.2, -0.15) is 0 Å². The Labute approximate surface area is 188 Å². The van der Waals surface area contributed by atoms with Crippen LogP contribution in [0, 0.1) is 5.92 Å². The van der Waals surface area contributed by atoms with E-state index in [-0.39, 0.29) is 46.7 Å². The fraction of sp³-hybridized carbons (Fsp3) is 0.346. The molecule has 0 unspecified atom stereocenters. The molecule has 0 saturated heterocycles. The van der Waals surface area contributed by atoms with Gasteiger partial charge in [-0.25, -0.2) is 0 Å². The van der Waals surface area contributed by atoms with Crippen LogP contribution >= 0.6 is 0 Å². The Bertz CT molecular complexity index is 1080. The van der Waals surface area contributed by atoms with Crippen LogP contribution < -0.4 is 9.47 Å².